The maximum atomic E-state index is 11.5. The van der Waals surface area contributed by atoms with Crippen LogP contribution in [-0.4, -0.2) is 48.9 Å². The van der Waals surface area contributed by atoms with Crippen LogP contribution < -0.4 is 5.32 Å². The SMILES string of the molecule is COCC(C)(CC(=O)O)NC(=O)COC(C)C. The number of hydrogen-bond acceptors (Lipinski definition) is 4. The van der Waals surface area contributed by atoms with Crippen molar-refractivity contribution in [1.29, 1.82) is 0 Å². The van der Waals surface area contributed by atoms with Crippen molar-refractivity contribution in [3.05, 3.63) is 0 Å². The number of methoxy groups -OCH3 is 1. The Hall–Kier alpha value is -1.14. The molecule has 6 heteroatoms. The molecule has 0 aromatic carbocycles. The number of carboxylic acids is 1. The molecule has 0 saturated heterocycles. The lowest BCUT2D eigenvalue weighted by Crippen LogP contribution is -2.52. The fourth-order valence-corrected chi connectivity index (χ4v) is 1.40. The van der Waals surface area contributed by atoms with Crippen molar-refractivity contribution in [3.63, 3.8) is 0 Å². The third kappa shape index (κ3) is 7.70. The second kappa shape index (κ2) is 7.24. The normalized spacial score (nSPS) is 14.4. The van der Waals surface area contributed by atoms with Crippen LogP contribution in [0.5, 0.6) is 0 Å². The highest BCUT2D eigenvalue weighted by Crippen LogP contribution is 2.10. The highest BCUT2D eigenvalue weighted by Gasteiger charge is 2.29. The molecule has 6 nitrogen and oxygen atoms in total. The van der Waals surface area contributed by atoms with E-state index in [1.807, 2.05) is 13.8 Å². The molecule has 0 aromatic heterocycles. The van der Waals surface area contributed by atoms with Crippen LogP contribution in [0.25, 0.3) is 0 Å². The number of hydrogen-bond donors (Lipinski definition) is 2. The molecule has 2 N–H and O–H groups in total. The van der Waals surface area contributed by atoms with Crippen LogP contribution in [-0.2, 0) is 19.1 Å². The van der Waals surface area contributed by atoms with E-state index < -0.39 is 11.5 Å². The predicted octanol–water partition coefficient (Wildman–Crippen LogP) is 0.407. The van der Waals surface area contributed by atoms with Crippen molar-refractivity contribution in [2.24, 2.45) is 0 Å². The van der Waals surface area contributed by atoms with Crippen LogP contribution in [0, 0.1) is 0 Å². The molecular formula is C11H21NO5. The van der Waals surface area contributed by atoms with Crippen LogP contribution in [0.15, 0.2) is 0 Å². The van der Waals surface area contributed by atoms with E-state index in [9.17, 15) is 9.59 Å². The molecule has 0 heterocycles. The molecule has 0 rings (SSSR count). The summed E-state index contributed by atoms with van der Waals surface area (Å²) in [6.07, 6.45) is -0.247. The maximum Gasteiger partial charge on any atom is 0.305 e. The molecule has 0 aliphatic heterocycles. The van der Waals surface area contributed by atoms with Crippen molar-refractivity contribution >= 4 is 11.9 Å². The van der Waals surface area contributed by atoms with Crippen LogP contribution >= 0.6 is 0 Å². The Morgan fingerprint density at radius 3 is 2.41 bits per heavy atom. The molecule has 0 saturated carbocycles. The molecule has 0 spiro atoms. The Morgan fingerprint density at radius 2 is 2.00 bits per heavy atom. The Bertz CT molecular complexity index is 267. The zero-order valence-corrected chi connectivity index (χ0v) is 10.8. The van der Waals surface area contributed by atoms with Crippen LogP contribution in [0.1, 0.15) is 27.2 Å². The Labute approximate surface area is 101 Å². The quantitative estimate of drug-likeness (QED) is 0.649. The number of nitrogens with one attached hydrogen (secondary N) is 1. The van der Waals surface area contributed by atoms with Gasteiger partial charge in [-0.25, -0.2) is 0 Å². The first-order valence-electron chi connectivity index (χ1n) is 5.42. The first-order valence-corrected chi connectivity index (χ1v) is 5.42. The van der Waals surface area contributed by atoms with Crippen molar-refractivity contribution < 1.29 is 24.2 Å². The second-order valence-corrected chi connectivity index (χ2v) is 4.47. The van der Waals surface area contributed by atoms with E-state index in [-0.39, 0.29) is 31.6 Å². The molecule has 0 aliphatic rings. The molecule has 0 radical (unpaired) electrons. The predicted molar refractivity (Wildman–Crippen MR) is 61.8 cm³/mol. The Morgan fingerprint density at radius 1 is 1.41 bits per heavy atom. The Kier molecular flexibility index (Phi) is 6.75. The van der Waals surface area contributed by atoms with Gasteiger partial charge in [-0.2, -0.15) is 0 Å². The smallest absolute Gasteiger partial charge is 0.305 e. The number of amides is 1. The summed E-state index contributed by atoms with van der Waals surface area (Å²) in [7, 11) is 1.46. The zero-order valence-electron chi connectivity index (χ0n) is 10.8. The van der Waals surface area contributed by atoms with Gasteiger partial charge in [-0.15, -0.1) is 0 Å². The lowest BCUT2D eigenvalue weighted by molar-refractivity contribution is -0.140. The van der Waals surface area contributed by atoms with E-state index in [2.05, 4.69) is 5.32 Å². The van der Waals surface area contributed by atoms with E-state index in [0.29, 0.717) is 0 Å². The van der Waals surface area contributed by atoms with Crippen molar-refractivity contribution in [3.8, 4) is 0 Å². The van der Waals surface area contributed by atoms with Gasteiger partial charge in [0.05, 0.1) is 24.7 Å². The van der Waals surface area contributed by atoms with E-state index in [1.54, 1.807) is 6.92 Å². The van der Waals surface area contributed by atoms with Gasteiger partial charge in [0.15, 0.2) is 0 Å². The number of carbonyl (C=O) groups excluding carboxylic acids is 1. The molecule has 0 aromatic rings. The minimum Gasteiger partial charge on any atom is -0.481 e. The maximum absolute atomic E-state index is 11.5. The number of rotatable bonds is 8. The molecule has 100 valence electrons. The van der Waals surface area contributed by atoms with Gasteiger partial charge in [0.2, 0.25) is 5.91 Å². The van der Waals surface area contributed by atoms with Gasteiger partial charge >= 0.3 is 5.97 Å². The van der Waals surface area contributed by atoms with Crippen molar-refractivity contribution in [1.82, 2.24) is 5.32 Å². The molecule has 17 heavy (non-hydrogen) atoms. The minimum atomic E-state index is -0.991. The monoisotopic (exact) mass is 247 g/mol. The van der Waals surface area contributed by atoms with E-state index in [0.717, 1.165) is 0 Å². The summed E-state index contributed by atoms with van der Waals surface area (Å²) in [6, 6.07) is 0. The fourth-order valence-electron chi connectivity index (χ4n) is 1.40. The van der Waals surface area contributed by atoms with Crippen LogP contribution in [0.3, 0.4) is 0 Å². The van der Waals surface area contributed by atoms with Gasteiger partial charge in [-0.05, 0) is 20.8 Å². The highest BCUT2D eigenvalue weighted by molar-refractivity contribution is 5.79. The molecule has 1 atom stereocenters. The van der Waals surface area contributed by atoms with Gasteiger partial charge in [-0.3, -0.25) is 9.59 Å². The van der Waals surface area contributed by atoms with Crippen LogP contribution in [0.2, 0.25) is 0 Å². The lowest BCUT2D eigenvalue weighted by Gasteiger charge is -2.28. The third-order valence-corrected chi connectivity index (χ3v) is 1.99. The summed E-state index contributed by atoms with van der Waals surface area (Å²) in [4.78, 5) is 22.2. The van der Waals surface area contributed by atoms with Crippen molar-refractivity contribution in [2.45, 2.75) is 38.8 Å². The number of carboxylic acid groups (broad SMARTS) is 1. The lowest BCUT2D eigenvalue weighted by atomic mass is 9.99. The van der Waals surface area contributed by atoms with Gasteiger partial charge in [0, 0.05) is 7.11 Å². The van der Waals surface area contributed by atoms with Crippen LogP contribution in [0.4, 0.5) is 0 Å². The van der Waals surface area contributed by atoms with Gasteiger partial charge in [-0.1, -0.05) is 0 Å². The molecular weight excluding hydrogens is 226 g/mol. The zero-order chi connectivity index (χ0) is 13.5. The van der Waals surface area contributed by atoms with E-state index in [4.69, 9.17) is 14.6 Å². The summed E-state index contributed by atoms with van der Waals surface area (Å²) in [5.74, 6) is -1.34. The summed E-state index contributed by atoms with van der Waals surface area (Å²) in [6.45, 7) is 5.30. The number of aliphatic carboxylic acids is 1. The molecule has 1 unspecified atom stereocenters. The first-order chi connectivity index (χ1) is 7.79. The molecule has 0 aliphatic carbocycles. The molecule has 0 bridgehead atoms. The average Bonchev–Trinajstić information content (AvgIpc) is 2.13. The molecule has 0 fully saturated rings. The molecule has 1 amide bonds. The van der Waals surface area contributed by atoms with Crippen molar-refractivity contribution in [2.75, 3.05) is 20.3 Å². The van der Waals surface area contributed by atoms with E-state index >= 15 is 0 Å². The van der Waals surface area contributed by atoms with Gasteiger partial charge in [0.25, 0.3) is 0 Å². The summed E-state index contributed by atoms with van der Waals surface area (Å²) < 4.78 is 10.0. The largest absolute Gasteiger partial charge is 0.481 e. The second-order valence-electron chi connectivity index (χ2n) is 4.47. The number of ether oxygens (including phenoxy) is 2. The first kappa shape index (κ1) is 15.9. The minimum absolute atomic E-state index is 0.0473. The summed E-state index contributed by atoms with van der Waals surface area (Å²) >= 11 is 0. The summed E-state index contributed by atoms with van der Waals surface area (Å²) in [5, 5.41) is 11.4. The van der Waals surface area contributed by atoms with E-state index in [1.165, 1.54) is 7.11 Å². The number of carbonyl (C=O) groups is 2. The summed E-state index contributed by atoms with van der Waals surface area (Å²) in [5.41, 5.74) is -0.919. The standard InChI is InChI=1S/C11H21NO5/c1-8(2)17-6-9(13)12-11(3,7-16-4)5-10(14)15/h8H,5-7H2,1-4H3,(H,12,13)(H,14,15). The van der Waals surface area contributed by atoms with Gasteiger partial charge in [0.1, 0.15) is 6.61 Å². The fraction of sp³-hybridized carbons (Fsp3) is 0.818. The topological polar surface area (TPSA) is 84.9 Å². The average molecular weight is 247 g/mol. The highest BCUT2D eigenvalue weighted by atomic mass is 16.5. The Balaban J connectivity index is 4.32. The van der Waals surface area contributed by atoms with Gasteiger partial charge < -0.3 is 19.9 Å². The third-order valence-electron chi connectivity index (χ3n) is 1.99.